The van der Waals surface area contributed by atoms with Crippen molar-refractivity contribution in [2.75, 3.05) is 6.61 Å². The van der Waals surface area contributed by atoms with E-state index in [4.69, 9.17) is 9.47 Å². The molecule has 1 aromatic carbocycles. The summed E-state index contributed by atoms with van der Waals surface area (Å²) in [7, 11) is 0. The summed E-state index contributed by atoms with van der Waals surface area (Å²) in [5, 5.41) is 12.7. The van der Waals surface area contributed by atoms with Crippen LogP contribution in [0.4, 0.5) is 0 Å². The van der Waals surface area contributed by atoms with E-state index in [0.29, 0.717) is 19.6 Å². The van der Waals surface area contributed by atoms with E-state index in [9.17, 15) is 14.7 Å². The zero-order chi connectivity index (χ0) is 20.1. The smallest absolute Gasteiger partial charge is 0.249 e. The van der Waals surface area contributed by atoms with Crippen molar-refractivity contribution in [3.8, 4) is 0 Å². The minimum Gasteiger partial charge on any atom is -0.383 e. The Bertz CT molecular complexity index is 641. The molecule has 1 heterocycles. The normalized spacial score (nSPS) is 22.0. The lowest BCUT2D eigenvalue weighted by Crippen LogP contribution is -2.53. The molecule has 0 aliphatic carbocycles. The average Bonchev–Trinajstić information content (AvgIpc) is 2.62. The number of aliphatic hydroxyl groups is 1. The lowest BCUT2D eigenvalue weighted by molar-refractivity contribution is -0.303. The molecule has 2 atom stereocenters. The second-order valence-corrected chi connectivity index (χ2v) is 8.25. The minimum atomic E-state index is -1.12. The SMILES string of the molecule is CC1(C)OCC(C)(C)[C@H](C(=O)CCCC(O)C(=O)NCc2ccccc2)O1. The van der Waals surface area contributed by atoms with Gasteiger partial charge >= 0.3 is 0 Å². The Morgan fingerprint density at radius 3 is 2.56 bits per heavy atom. The van der Waals surface area contributed by atoms with Gasteiger partial charge in [-0.3, -0.25) is 9.59 Å². The number of amides is 1. The molecule has 0 aromatic heterocycles. The third kappa shape index (κ3) is 6.41. The maximum absolute atomic E-state index is 12.6. The number of hydrogen-bond donors (Lipinski definition) is 2. The first-order chi connectivity index (χ1) is 12.6. The highest BCUT2D eigenvalue weighted by molar-refractivity contribution is 5.84. The first kappa shape index (κ1) is 21.5. The van der Waals surface area contributed by atoms with Crippen LogP contribution >= 0.6 is 0 Å². The molecule has 1 fully saturated rings. The van der Waals surface area contributed by atoms with E-state index in [1.165, 1.54) is 0 Å². The molecule has 1 aliphatic heterocycles. The van der Waals surface area contributed by atoms with Gasteiger partial charge in [-0.05, 0) is 32.3 Å². The summed E-state index contributed by atoms with van der Waals surface area (Å²) in [5.74, 6) is -1.23. The van der Waals surface area contributed by atoms with E-state index < -0.39 is 29.3 Å². The highest BCUT2D eigenvalue weighted by Gasteiger charge is 2.45. The zero-order valence-electron chi connectivity index (χ0n) is 16.7. The van der Waals surface area contributed by atoms with Gasteiger partial charge in [0, 0.05) is 18.4 Å². The zero-order valence-corrected chi connectivity index (χ0v) is 16.7. The number of hydrogen-bond acceptors (Lipinski definition) is 5. The van der Waals surface area contributed by atoms with Gasteiger partial charge in [0.05, 0.1) is 6.61 Å². The molecule has 1 amide bonds. The fraction of sp³-hybridized carbons (Fsp3) is 0.619. The average molecular weight is 377 g/mol. The Morgan fingerprint density at radius 2 is 1.89 bits per heavy atom. The van der Waals surface area contributed by atoms with Gasteiger partial charge in [0.2, 0.25) is 5.91 Å². The summed E-state index contributed by atoms with van der Waals surface area (Å²) in [6.07, 6.45) is -0.755. The molecule has 2 N–H and O–H groups in total. The van der Waals surface area contributed by atoms with Gasteiger partial charge in [-0.1, -0.05) is 44.2 Å². The van der Waals surface area contributed by atoms with Crippen molar-refractivity contribution < 1.29 is 24.2 Å². The third-order valence-corrected chi connectivity index (χ3v) is 4.71. The number of carbonyl (C=O) groups is 2. The van der Waals surface area contributed by atoms with Crippen molar-refractivity contribution in [1.82, 2.24) is 5.32 Å². The molecular weight excluding hydrogens is 346 g/mol. The van der Waals surface area contributed by atoms with E-state index in [2.05, 4.69) is 5.32 Å². The number of carbonyl (C=O) groups excluding carboxylic acids is 2. The molecule has 6 heteroatoms. The van der Waals surface area contributed by atoms with Gasteiger partial charge in [-0.25, -0.2) is 0 Å². The maximum Gasteiger partial charge on any atom is 0.249 e. The molecule has 1 unspecified atom stereocenters. The largest absolute Gasteiger partial charge is 0.383 e. The second-order valence-electron chi connectivity index (χ2n) is 8.25. The first-order valence-electron chi connectivity index (χ1n) is 9.45. The van der Waals surface area contributed by atoms with Crippen LogP contribution in [0.1, 0.15) is 52.5 Å². The van der Waals surface area contributed by atoms with Crippen molar-refractivity contribution in [1.29, 1.82) is 0 Å². The topological polar surface area (TPSA) is 84.9 Å². The number of ketones is 1. The minimum absolute atomic E-state index is 0.0201. The van der Waals surface area contributed by atoms with E-state index in [-0.39, 0.29) is 18.6 Å². The Labute approximate surface area is 161 Å². The van der Waals surface area contributed by atoms with Crippen molar-refractivity contribution in [3.05, 3.63) is 35.9 Å². The van der Waals surface area contributed by atoms with Gasteiger partial charge in [-0.2, -0.15) is 0 Å². The maximum atomic E-state index is 12.6. The molecule has 0 bridgehead atoms. The van der Waals surface area contributed by atoms with E-state index in [1.54, 1.807) is 13.8 Å². The van der Waals surface area contributed by atoms with E-state index >= 15 is 0 Å². The van der Waals surface area contributed by atoms with E-state index in [0.717, 1.165) is 5.56 Å². The quantitative estimate of drug-likeness (QED) is 0.727. The molecule has 1 aromatic rings. The molecule has 6 nitrogen and oxygen atoms in total. The molecule has 0 spiro atoms. The summed E-state index contributed by atoms with van der Waals surface area (Å²) in [6.45, 7) is 8.29. The lowest BCUT2D eigenvalue weighted by atomic mass is 9.82. The number of Topliss-reactive ketones (excluding diaryl/α,β-unsaturated/α-hetero) is 1. The molecule has 2 rings (SSSR count). The molecule has 0 saturated carbocycles. The van der Waals surface area contributed by atoms with E-state index in [1.807, 2.05) is 44.2 Å². The van der Waals surface area contributed by atoms with Crippen LogP contribution in [0.3, 0.4) is 0 Å². The molecule has 0 radical (unpaired) electrons. The highest BCUT2D eigenvalue weighted by Crippen LogP contribution is 2.35. The van der Waals surface area contributed by atoms with Crippen LogP contribution < -0.4 is 5.32 Å². The van der Waals surface area contributed by atoms with Crippen LogP contribution in [-0.4, -0.2) is 41.4 Å². The van der Waals surface area contributed by atoms with Gasteiger partial charge in [-0.15, -0.1) is 0 Å². The van der Waals surface area contributed by atoms with Crippen LogP contribution in [0.5, 0.6) is 0 Å². The summed E-state index contributed by atoms with van der Waals surface area (Å²) >= 11 is 0. The van der Waals surface area contributed by atoms with Gasteiger partial charge in [0.1, 0.15) is 12.2 Å². The van der Waals surface area contributed by atoms with Crippen LogP contribution in [0.25, 0.3) is 0 Å². The highest BCUT2D eigenvalue weighted by atomic mass is 16.7. The lowest BCUT2D eigenvalue weighted by Gasteiger charge is -2.45. The van der Waals surface area contributed by atoms with Gasteiger partial charge in [0.25, 0.3) is 0 Å². The Morgan fingerprint density at radius 1 is 1.22 bits per heavy atom. The van der Waals surface area contributed by atoms with Crippen LogP contribution in [0.15, 0.2) is 30.3 Å². The van der Waals surface area contributed by atoms with Crippen molar-refractivity contribution in [2.24, 2.45) is 5.41 Å². The Kier molecular flexibility index (Phi) is 7.14. The third-order valence-electron chi connectivity index (χ3n) is 4.71. The number of nitrogens with one attached hydrogen (secondary N) is 1. The predicted octanol–water partition coefficient (Wildman–Crippen LogP) is 2.58. The van der Waals surface area contributed by atoms with Crippen LogP contribution in [0, 0.1) is 5.41 Å². The molecule has 27 heavy (non-hydrogen) atoms. The Hall–Kier alpha value is -1.76. The summed E-state index contributed by atoms with van der Waals surface area (Å²) in [5.41, 5.74) is 0.563. The number of aliphatic hydroxyl groups excluding tert-OH is 1. The number of ether oxygens (including phenoxy) is 2. The fourth-order valence-corrected chi connectivity index (χ4v) is 3.05. The van der Waals surface area contributed by atoms with Crippen molar-refractivity contribution in [3.63, 3.8) is 0 Å². The monoisotopic (exact) mass is 377 g/mol. The molecule has 150 valence electrons. The number of benzene rings is 1. The second kappa shape index (κ2) is 8.95. The first-order valence-corrected chi connectivity index (χ1v) is 9.45. The van der Waals surface area contributed by atoms with Gasteiger partial charge < -0.3 is 19.9 Å². The molecular formula is C21H31NO5. The predicted molar refractivity (Wildman–Crippen MR) is 102 cm³/mol. The summed E-state index contributed by atoms with van der Waals surface area (Å²) in [6, 6.07) is 9.50. The molecule has 1 saturated heterocycles. The Balaban J connectivity index is 1.75. The standard InChI is InChI=1S/C21H31NO5/c1-20(2)14-26-21(3,4)27-18(20)16(23)11-8-12-17(24)19(25)22-13-15-9-6-5-7-10-15/h5-7,9-10,17-18,24H,8,11-14H2,1-4H3,(H,22,25)/t17?,18-/m0/s1. The molecule has 1 aliphatic rings. The summed E-state index contributed by atoms with van der Waals surface area (Å²) < 4.78 is 11.5. The van der Waals surface area contributed by atoms with Crippen molar-refractivity contribution in [2.45, 2.75) is 71.5 Å². The fourth-order valence-electron chi connectivity index (χ4n) is 3.05. The van der Waals surface area contributed by atoms with Crippen LogP contribution in [0.2, 0.25) is 0 Å². The summed E-state index contributed by atoms with van der Waals surface area (Å²) in [4.78, 5) is 24.6. The van der Waals surface area contributed by atoms with Gasteiger partial charge in [0.15, 0.2) is 11.6 Å². The van der Waals surface area contributed by atoms with Crippen LogP contribution in [-0.2, 0) is 25.6 Å². The number of rotatable bonds is 8. The van der Waals surface area contributed by atoms with Crippen molar-refractivity contribution >= 4 is 11.7 Å².